The fraction of sp³-hybridized carbons (Fsp3) is 0.375. The minimum Gasteiger partial charge on any atom is -0.460 e. The van der Waals surface area contributed by atoms with Crippen molar-refractivity contribution in [1.82, 2.24) is 20.3 Å². The highest BCUT2D eigenvalue weighted by Crippen LogP contribution is 2.22. The lowest BCUT2D eigenvalue weighted by Crippen LogP contribution is -2.41. The molecule has 0 aliphatic heterocycles. The van der Waals surface area contributed by atoms with Crippen LogP contribution >= 0.6 is 11.6 Å². The van der Waals surface area contributed by atoms with Crippen LogP contribution < -0.4 is 15.6 Å². The summed E-state index contributed by atoms with van der Waals surface area (Å²) in [5, 5.41) is 3.37. The summed E-state index contributed by atoms with van der Waals surface area (Å²) in [6, 6.07) is 3.49. The normalized spacial score (nSPS) is 20.4. The molecule has 0 unspecified atom stereocenters. The summed E-state index contributed by atoms with van der Waals surface area (Å²) in [6.07, 6.45) is 7.61. The third kappa shape index (κ3) is 4.11. The van der Waals surface area contributed by atoms with E-state index in [1.54, 1.807) is 6.07 Å². The Morgan fingerprint density at radius 1 is 1.25 bits per heavy atom. The van der Waals surface area contributed by atoms with Crippen molar-refractivity contribution in [2.24, 2.45) is 0 Å². The van der Waals surface area contributed by atoms with E-state index in [1.165, 1.54) is 24.7 Å². The van der Waals surface area contributed by atoms with Crippen LogP contribution in [0.1, 0.15) is 36.0 Å². The van der Waals surface area contributed by atoms with Crippen molar-refractivity contribution in [2.75, 3.05) is 0 Å². The number of aromatic nitrogens is 3. The Morgan fingerprint density at radius 3 is 2.62 bits per heavy atom. The fourth-order valence-electron chi connectivity index (χ4n) is 2.70. The summed E-state index contributed by atoms with van der Waals surface area (Å²) >= 11 is 5.74. The van der Waals surface area contributed by atoms with Gasteiger partial charge in [0.1, 0.15) is 11.7 Å². The Hall–Kier alpha value is -2.41. The number of ether oxygens (including phenoxy) is 1. The molecule has 2 heterocycles. The number of hydrogen-bond donors (Lipinski definition) is 2. The summed E-state index contributed by atoms with van der Waals surface area (Å²) in [6.45, 7) is 0. The quantitative estimate of drug-likeness (QED) is 0.880. The van der Waals surface area contributed by atoms with Gasteiger partial charge in [0.15, 0.2) is 0 Å². The van der Waals surface area contributed by atoms with Crippen molar-refractivity contribution in [3.05, 3.63) is 51.7 Å². The van der Waals surface area contributed by atoms with E-state index in [4.69, 9.17) is 16.3 Å². The molecule has 1 saturated carbocycles. The maximum Gasteiger partial charge on any atom is 0.316 e. The van der Waals surface area contributed by atoms with Crippen LogP contribution in [0.25, 0.3) is 0 Å². The zero-order chi connectivity index (χ0) is 16.9. The Balaban J connectivity index is 1.50. The minimum atomic E-state index is -0.382. The van der Waals surface area contributed by atoms with Crippen LogP contribution in [0.4, 0.5) is 0 Å². The number of halogens is 1. The van der Waals surface area contributed by atoms with Gasteiger partial charge in [0, 0.05) is 12.2 Å². The first-order valence-electron chi connectivity index (χ1n) is 7.74. The Bertz CT molecular complexity index is 754. The van der Waals surface area contributed by atoms with E-state index < -0.39 is 0 Å². The van der Waals surface area contributed by atoms with Gasteiger partial charge < -0.3 is 15.0 Å². The van der Waals surface area contributed by atoms with Crippen LogP contribution in [0.15, 0.2) is 35.5 Å². The van der Waals surface area contributed by atoms with Crippen molar-refractivity contribution in [2.45, 2.75) is 37.8 Å². The number of amides is 1. The molecule has 0 aromatic carbocycles. The zero-order valence-corrected chi connectivity index (χ0v) is 13.6. The topological polar surface area (TPSA) is 97.0 Å². The number of nitrogens with one attached hydrogen (secondary N) is 2. The third-order valence-corrected chi connectivity index (χ3v) is 4.14. The molecular formula is C16H17ClN4O3. The van der Waals surface area contributed by atoms with E-state index in [9.17, 15) is 9.59 Å². The molecule has 1 amide bonds. The molecule has 2 N–H and O–H groups in total. The molecule has 0 radical (unpaired) electrons. The third-order valence-electron chi connectivity index (χ3n) is 3.94. The lowest BCUT2D eigenvalue weighted by Gasteiger charge is -2.28. The summed E-state index contributed by atoms with van der Waals surface area (Å²) in [7, 11) is 0. The number of carbonyl (C=O) groups excluding carboxylic acids is 1. The first-order valence-corrected chi connectivity index (χ1v) is 8.12. The first kappa shape index (κ1) is 16.4. The molecule has 2 aromatic heterocycles. The molecule has 8 heteroatoms. The van der Waals surface area contributed by atoms with Crippen LogP contribution in [0.2, 0.25) is 5.02 Å². The van der Waals surface area contributed by atoms with Crippen LogP contribution in [0, 0.1) is 0 Å². The molecule has 24 heavy (non-hydrogen) atoms. The second-order valence-electron chi connectivity index (χ2n) is 5.66. The van der Waals surface area contributed by atoms with Crippen molar-refractivity contribution < 1.29 is 9.53 Å². The number of rotatable bonds is 4. The van der Waals surface area contributed by atoms with E-state index in [1.807, 2.05) is 0 Å². The second-order valence-corrected chi connectivity index (χ2v) is 6.10. The van der Waals surface area contributed by atoms with E-state index in [2.05, 4.69) is 20.3 Å². The monoisotopic (exact) mass is 348 g/mol. The van der Waals surface area contributed by atoms with E-state index >= 15 is 0 Å². The van der Waals surface area contributed by atoms with Gasteiger partial charge in [0.25, 0.3) is 11.5 Å². The van der Waals surface area contributed by atoms with Gasteiger partial charge in [-0.2, -0.15) is 0 Å². The number of pyridine rings is 1. The van der Waals surface area contributed by atoms with E-state index in [0.29, 0.717) is 11.0 Å². The molecule has 1 aliphatic carbocycles. The average molecular weight is 349 g/mol. The molecule has 0 atom stereocenters. The molecule has 0 saturated heterocycles. The van der Waals surface area contributed by atoms with Gasteiger partial charge in [-0.1, -0.05) is 11.6 Å². The van der Waals surface area contributed by atoms with E-state index in [-0.39, 0.29) is 29.2 Å². The number of carbonyl (C=O) groups is 1. The minimum absolute atomic E-state index is 0.0134. The molecule has 0 spiro atoms. The molecule has 7 nitrogen and oxygen atoms in total. The predicted octanol–water partition coefficient (Wildman–Crippen LogP) is 1.94. The SMILES string of the molecule is O=C(NC1CCC(Oc2ncc(Cl)cn2)CC1)c1ccc[nH]c1=O. The lowest BCUT2D eigenvalue weighted by atomic mass is 9.93. The number of aromatic amines is 1. The number of H-pyrrole nitrogens is 1. The van der Waals surface area contributed by atoms with Crippen molar-refractivity contribution in [1.29, 1.82) is 0 Å². The fourth-order valence-corrected chi connectivity index (χ4v) is 2.80. The van der Waals surface area contributed by atoms with Gasteiger partial charge in [-0.3, -0.25) is 9.59 Å². The summed E-state index contributed by atoms with van der Waals surface area (Å²) < 4.78 is 5.72. The van der Waals surface area contributed by atoms with Crippen LogP contribution in [-0.2, 0) is 0 Å². The summed E-state index contributed by atoms with van der Waals surface area (Å²) in [5.74, 6) is -0.345. The van der Waals surface area contributed by atoms with Crippen LogP contribution in [0.3, 0.4) is 0 Å². The number of hydrogen-bond acceptors (Lipinski definition) is 5. The molecule has 2 aromatic rings. The molecule has 126 valence electrons. The van der Waals surface area contributed by atoms with Gasteiger partial charge in [-0.25, -0.2) is 9.97 Å². The first-order chi connectivity index (χ1) is 11.6. The van der Waals surface area contributed by atoms with Crippen molar-refractivity contribution in [3.8, 4) is 6.01 Å². The molecule has 1 fully saturated rings. The highest BCUT2D eigenvalue weighted by atomic mass is 35.5. The molecular weight excluding hydrogens is 332 g/mol. The number of nitrogens with zero attached hydrogens (tertiary/aromatic N) is 2. The highest BCUT2D eigenvalue weighted by molar-refractivity contribution is 6.30. The maximum absolute atomic E-state index is 12.1. The highest BCUT2D eigenvalue weighted by Gasteiger charge is 2.25. The molecule has 0 bridgehead atoms. The smallest absolute Gasteiger partial charge is 0.316 e. The zero-order valence-electron chi connectivity index (χ0n) is 12.9. The van der Waals surface area contributed by atoms with Gasteiger partial charge >= 0.3 is 6.01 Å². The van der Waals surface area contributed by atoms with Gasteiger partial charge in [-0.05, 0) is 37.8 Å². The van der Waals surface area contributed by atoms with Gasteiger partial charge in [0.2, 0.25) is 0 Å². The average Bonchev–Trinajstić information content (AvgIpc) is 2.59. The van der Waals surface area contributed by atoms with Crippen LogP contribution in [0.5, 0.6) is 6.01 Å². The molecule has 1 aliphatic rings. The second kappa shape index (κ2) is 7.44. The Kier molecular flexibility index (Phi) is 5.10. The maximum atomic E-state index is 12.1. The van der Waals surface area contributed by atoms with Gasteiger partial charge in [0.05, 0.1) is 17.4 Å². The summed E-state index contributed by atoms with van der Waals surface area (Å²) in [4.78, 5) is 34.3. The Labute approximate surface area is 143 Å². The predicted molar refractivity (Wildman–Crippen MR) is 88.2 cm³/mol. The summed E-state index contributed by atoms with van der Waals surface area (Å²) in [5.41, 5.74) is -0.252. The van der Waals surface area contributed by atoms with Crippen molar-refractivity contribution in [3.63, 3.8) is 0 Å². The van der Waals surface area contributed by atoms with Crippen molar-refractivity contribution >= 4 is 17.5 Å². The van der Waals surface area contributed by atoms with Crippen LogP contribution in [-0.4, -0.2) is 33.0 Å². The molecule has 3 rings (SSSR count). The lowest BCUT2D eigenvalue weighted by molar-refractivity contribution is 0.0883. The standard InChI is InChI=1S/C16H17ClN4O3/c17-10-8-19-16(20-9-10)24-12-5-3-11(4-6-12)21-15(23)13-2-1-7-18-14(13)22/h1-2,7-9,11-12H,3-6H2,(H,18,22)(H,21,23). The van der Waals surface area contributed by atoms with Gasteiger partial charge in [-0.15, -0.1) is 0 Å². The largest absolute Gasteiger partial charge is 0.460 e. The van der Waals surface area contributed by atoms with E-state index in [0.717, 1.165) is 25.7 Å². The Morgan fingerprint density at radius 2 is 1.96 bits per heavy atom.